The van der Waals surface area contributed by atoms with E-state index in [4.69, 9.17) is 4.74 Å². The molecule has 0 unspecified atom stereocenters. The van der Waals surface area contributed by atoms with Crippen LogP contribution in [0.15, 0.2) is 43.0 Å². The molecule has 4 rings (SSSR count). The fourth-order valence-corrected chi connectivity index (χ4v) is 3.16. The summed E-state index contributed by atoms with van der Waals surface area (Å²) in [4.78, 5) is 27.6. The highest BCUT2D eigenvalue weighted by Gasteiger charge is 2.27. The molecule has 7 nitrogen and oxygen atoms in total. The molecule has 128 valence electrons. The van der Waals surface area contributed by atoms with Gasteiger partial charge in [-0.2, -0.15) is 0 Å². The number of ether oxygens (including phenoxy) is 1. The van der Waals surface area contributed by atoms with E-state index in [0.29, 0.717) is 26.1 Å². The largest absolute Gasteiger partial charge is 0.368 e. The Balaban J connectivity index is 1.51. The first-order valence-electron chi connectivity index (χ1n) is 8.30. The standard InChI is InChI=1S/C18H19N5O2/c1-13-15(23-7-3-2-4-17(23)21-13)10-18(24)22-8-9-25-16(12-22)14-11-19-5-6-20-14/h2-7,11,16H,8-10,12H2,1H3/t16-/m1/s1. The number of carbonyl (C=O) groups is 1. The number of carbonyl (C=O) groups excluding carboxylic acids is 1. The highest BCUT2D eigenvalue weighted by molar-refractivity contribution is 5.79. The van der Waals surface area contributed by atoms with E-state index >= 15 is 0 Å². The summed E-state index contributed by atoms with van der Waals surface area (Å²) in [6.07, 6.45) is 7.00. The number of hydrogen-bond acceptors (Lipinski definition) is 5. The van der Waals surface area contributed by atoms with Gasteiger partial charge < -0.3 is 14.0 Å². The number of aromatic nitrogens is 4. The van der Waals surface area contributed by atoms with E-state index in [2.05, 4.69) is 15.0 Å². The lowest BCUT2D eigenvalue weighted by Gasteiger charge is -2.32. The minimum atomic E-state index is -0.227. The number of aryl methyl sites for hydroxylation is 1. The molecule has 1 aliphatic rings. The van der Waals surface area contributed by atoms with Crippen molar-refractivity contribution in [1.82, 2.24) is 24.3 Å². The van der Waals surface area contributed by atoms with Gasteiger partial charge in [0.1, 0.15) is 11.8 Å². The van der Waals surface area contributed by atoms with Crippen molar-refractivity contribution in [1.29, 1.82) is 0 Å². The normalized spacial score (nSPS) is 17.8. The summed E-state index contributed by atoms with van der Waals surface area (Å²) < 4.78 is 7.74. The topological polar surface area (TPSA) is 72.6 Å². The fourth-order valence-electron chi connectivity index (χ4n) is 3.16. The number of fused-ring (bicyclic) bond motifs is 1. The van der Waals surface area contributed by atoms with Crippen molar-refractivity contribution in [3.05, 3.63) is 60.1 Å². The van der Waals surface area contributed by atoms with Crippen LogP contribution in [-0.4, -0.2) is 49.9 Å². The van der Waals surface area contributed by atoms with E-state index in [1.807, 2.05) is 40.6 Å². The molecule has 0 saturated carbocycles. The zero-order chi connectivity index (χ0) is 17.2. The van der Waals surface area contributed by atoms with Crippen molar-refractivity contribution in [3.8, 4) is 0 Å². The summed E-state index contributed by atoms with van der Waals surface area (Å²) in [5.41, 5.74) is 3.44. The summed E-state index contributed by atoms with van der Waals surface area (Å²) in [5.74, 6) is 0.0749. The summed E-state index contributed by atoms with van der Waals surface area (Å²) in [5, 5.41) is 0. The highest BCUT2D eigenvalue weighted by Crippen LogP contribution is 2.21. The second kappa shape index (κ2) is 6.60. The van der Waals surface area contributed by atoms with Gasteiger partial charge in [0.25, 0.3) is 0 Å². The first-order chi connectivity index (χ1) is 12.2. The second-order valence-electron chi connectivity index (χ2n) is 6.08. The Morgan fingerprint density at radius 2 is 2.28 bits per heavy atom. The predicted molar refractivity (Wildman–Crippen MR) is 90.9 cm³/mol. The van der Waals surface area contributed by atoms with Gasteiger partial charge in [-0.1, -0.05) is 6.07 Å². The molecule has 7 heteroatoms. The minimum absolute atomic E-state index is 0.0749. The smallest absolute Gasteiger partial charge is 0.228 e. The van der Waals surface area contributed by atoms with Gasteiger partial charge >= 0.3 is 0 Å². The molecule has 3 aromatic heterocycles. The van der Waals surface area contributed by atoms with E-state index in [-0.39, 0.29) is 12.0 Å². The maximum absolute atomic E-state index is 12.8. The third kappa shape index (κ3) is 3.10. The summed E-state index contributed by atoms with van der Waals surface area (Å²) in [7, 11) is 0. The molecule has 3 aromatic rings. The van der Waals surface area contributed by atoms with Crippen LogP contribution in [0.1, 0.15) is 23.2 Å². The number of rotatable bonds is 3. The average molecular weight is 337 g/mol. The third-order valence-electron chi connectivity index (χ3n) is 4.48. The van der Waals surface area contributed by atoms with E-state index in [9.17, 15) is 4.79 Å². The molecule has 0 spiro atoms. The van der Waals surface area contributed by atoms with Crippen LogP contribution in [0.3, 0.4) is 0 Å². The van der Waals surface area contributed by atoms with Crippen molar-refractivity contribution in [2.24, 2.45) is 0 Å². The van der Waals surface area contributed by atoms with Crippen LogP contribution in [0.2, 0.25) is 0 Å². The lowest BCUT2D eigenvalue weighted by atomic mass is 10.1. The Labute approximate surface area is 145 Å². The molecule has 0 N–H and O–H groups in total. The number of hydrogen-bond donors (Lipinski definition) is 0. The molecule has 0 bridgehead atoms. The van der Waals surface area contributed by atoms with E-state index in [1.165, 1.54) is 0 Å². The molecule has 1 aliphatic heterocycles. The Bertz CT molecular complexity index is 893. The molecule has 25 heavy (non-hydrogen) atoms. The van der Waals surface area contributed by atoms with Crippen LogP contribution < -0.4 is 0 Å². The van der Waals surface area contributed by atoms with Crippen molar-refractivity contribution in [2.45, 2.75) is 19.4 Å². The zero-order valence-electron chi connectivity index (χ0n) is 14.0. The fraction of sp³-hybridized carbons (Fsp3) is 0.333. The molecule has 0 aromatic carbocycles. The highest BCUT2D eigenvalue weighted by atomic mass is 16.5. The van der Waals surface area contributed by atoms with Crippen LogP contribution in [0.25, 0.3) is 5.65 Å². The van der Waals surface area contributed by atoms with Crippen molar-refractivity contribution in [2.75, 3.05) is 19.7 Å². The van der Waals surface area contributed by atoms with Crippen molar-refractivity contribution >= 4 is 11.6 Å². The SMILES string of the molecule is Cc1nc2ccccn2c1CC(=O)N1CCO[C@@H](c2cnccn2)C1. The van der Waals surface area contributed by atoms with Crippen LogP contribution >= 0.6 is 0 Å². The molecule has 1 atom stereocenters. The second-order valence-corrected chi connectivity index (χ2v) is 6.08. The van der Waals surface area contributed by atoms with Gasteiger partial charge in [0.05, 0.1) is 42.9 Å². The van der Waals surface area contributed by atoms with Gasteiger partial charge in [-0.25, -0.2) is 4.98 Å². The zero-order valence-corrected chi connectivity index (χ0v) is 14.0. The third-order valence-corrected chi connectivity index (χ3v) is 4.48. The number of nitrogens with zero attached hydrogens (tertiary/aromatic N) is 5. The van der Waals surface area contributed by atoms with Crippen molar-refractivity contribution < 1.29 is 9.53 Å². The van der Waals surface area contributed by atoms with E-state index in [1.54, 1.807) is 18.6 Å². The summed E-state index contributed by atoms with van der Waals surface area (Å²) >= 11 is 0. The van der Waals surface area contributed by atoms with Crippen LogP contribution in [0.5, 0.6) is 0 Å². The van der Waals surface area contributed by atoms with Crippen LogP contribution in [0.4, 0.5) is 0 Å². The van der Waals surface area contributed by atoms with Gasteiger partial charge in [0.2, 0.25) is 5.91 Å². The molecular weight excluding hydrogens is 318 g/mol. The Morgan fingerprint density at radius 1 is 1.36 bits per heavy atom. The van der Waals surface area contributed by atoms with Gasteiger partial charge in [-0.15, -0.1) is 0 Å². The van der Waals surface area contributed by atoms with Crippen molar-refractivity contribution in [3.63, 3.8) is 0 Å². The molecule has 4 heterocycles. The maximum Gasteiger partial charge on any atom is 0.228 e. The first-order valence-corrected chi connectivity index (χ1v) is 8.30. The Morgan fingerprint density at radius 3 is 3.12 bits per heavy atom. The average Bonchev–Trinajstić information content (AvgIpc) is 2.98. The summed E-state index contributed by atoms with van der Waals surface area (Å²) in [6.45, 7) is 3.52. The van der Waals surface area contributed by atoms with Gasteiger partial charge in [-0.3, -0.25) is 14.8 Å². The Kier molecular flexibility index (Phi) is 4.15. The molecular formula is C18H19N5O2. The number of imidazole rings is 1. The molecule has 0 radical (unpaired) electrons. The number of morpholine rings is 1. The van der Waals surface area contributed by atoms with Crippen LogP contribution in [-0.2, 0) is 16.0 Å². The molecule has 1 saturated heterocycles. The van der Waals surface area contributed by atoms with Gasteiger partial charge in [0, 0.05) is 25.1 Å². The number of pyridine rings is 1. The lowest BCUT2D eigenvalue weighted by Crippen LogP contribution is -2.43. The monoisotopic (exact) mass is 337 g/mol. The molecule has 0 aliphatic carbocycles. The Hall–Kier alpha value is -2.80. The molecule has 1 fully saturated rings. The van der Waals surface area contributed by atoms with Crippen LogP contribution in [0, 0.1) is 6.92 Å². The maximum atomic E-state index is 12.8. The predicted octanol–water partition coefficient (Wildman–Crippen LogP) is 1.58. The minimum Gasteiger partial charge on any atom is -0.368 e. The van der Waals surface area contributed by atoms with Gasteiger partial charge in [0.15, 0.2) is 0 Å². The number of amides is 1. The lowest BCUT2D eigenvalue weighted by molar-refractivity contribution is -0.138. The first kappa shape index (κ1) is 15.7. The van der Waals surface area contributed by atoms with E-state index in [0.717, 1.165) is 22.7 Å². The summed E-state index contributed by atoms with van der Waals surface area (Å²) in [6, 6.07) is 5.83. The van der Waals surface area contributed by atoms with E-state index < -0.39 is 0 Å². The van der Waals surface area contributed by atoms with Gasteiger partial charge in [-0.05, 0) is 19.1 Å². The molecule has 1 amide bonds. The quantitative estimate of drug-likeness (QED) is 0.725.